The zero-order chi connectivity index (χ0) is 14.4. The van der Waals surface area contributed by atoms with Crippen molar-refractivity contribution in [3.63, 3.8) is 0 Å². The normalized spacial score (nSPS) is 24.2. The van der Waals surface area contributed by atoms with E-state index in [1.165, 1.54) is 5.56 Å². The summed E-state index contributed by atoms with van der Waals surface area (Å²) in [5, 5.41) is 3.67. The topological polar surface area (TPSA) is 15.3 Å². The fraction of sp³-hybridized carbons (Fsp3) is 0.647. The maximum absolute atomic E-state index is 12.5. The summed E-state index contributed by atoms with van der Waals surface area (Å²) in [4.78, 5) is 2.48. The van der Waals surface area contributed by atoms with Gasteiger partial charge in [-0.1, -0.05) is 44.2 Å². The quantitative estimate of drug-likeness (QED) is 0.861. The Kier molecular flexibility index (Phi) is 5.99. The van der Waals surface area contributed by atoms with Crippen LogP contribution >= 0.6 is 0 Å². The predicted octanol–water partition coefficient (Wildman–Crippen LogP) is 2.89. The second-order valence-corrected chi connectivity index (χ2v) is 6.14. The van der Waals surface area contributed by atoms with Crippen LogP contribution in [0.4, 0.5) is 4.39 Å². The molecule has 2 atom stereocenters. The number of halogens is 1. The molecule has 112 valence electrons. The molecule has 1 aliphatic rings. The highest BCUT2D eigenvalue weighted by Crippen LogP contribution is 2.17. The molecule has 0 saturated carbocycles. The van der Waals surface area contributed by atoms with Gasteiger partial charge in [-0.05, 0) is 24.3 Å². The molecule has 1 aromatic rings. The molecule has 0 aliphatic carbocycles. The SMILES string of the molecule is CC(C)C1CNC(Cc2ccccc2)CN1CCCF. The smallest absolute Gasteiger partial charge is 0.0906 e. The summed E-state index contributed by atoms with van der Waals surface area (Å²) in [5.41, 5.74) is 1.37. The van der Waals surface area contributed by atoms with Crippen LogP contribution in [0.2, 0.25) is 0 Å². The average molecular weight is 278 g/mol. The Hall–Kier alpha value is -0.930. The molecule has 1 aliphatic heterocycles. The summed E-state index contributed by atoms with van der Waals surface area (Å²) in [5.74, 6) is 0.611. The van der Waals surface area contributed by atoms with Gasteiger partial charge in [-0.3, -0.25) is 9.29 Å². The Labute approximate surface area is 122 Å². The predicted molar refractivity (Wildman–Crippen MR) is 82.7 cm³/mol. The van der Waals surface area contributed by atoms with E-state index in [-0.39, 0.29) is 6.67 Å². The van der Waals surface area contributed by atoms with Crippen molar-refractivity contribution in [1.82, 2.24) is 10.2 Å². The lowest BCUT2D eigenvalue weighted by Crippen LogP contribution is -2.58. The molecule has 0 aromatic heterocycles. The lowest BCUT2D eigenvalue weighted by molar-refractivity contribution is 0.0948. The number of hydrogen-bond acceptors (Lipinski definition) is 2. The summed E-state index contributed by atoms with van der Waals surface area (Å²) in [6.07, 6.45) is 1.71. The maximum atomic E-state index is 12.5. The van der Waals surface area contributed by atoms with Gasteiger partial charge in [0, 0.05) is 31.7 Å². The van der Waals surface area contributed by atoms with Crippen LogP contribution in [0.3, 0.4) is 0 Å². The standard InChI is InChI=1S/C17H27FN2/c1-14(2)17-12-19-16(13-20(17)10-6-9-18)11-15-7-4-3-5-8-15/h3-5,7-8,14,16-17,19H,6,9-13H2,1-2H3. The molecule has 2 nitrogen and oxygen atoms in total. The van der Waals surface area contributed by atoms with E-state index in [4.69, 9.17) is 0 Å². The Balaban J connectivity index is 1.93. The highest BCUT2D eigenvalue weighted by Gasteiger charge is 2.29. The van der Waals surface area contributed by atoms with E-state index in [0.29, 0.717) is 24.4 Å². The van der Waals surface area contributed by atoms with Gasteiger partial charge < -0.3 is 5.32 Å². The summed E-state index contributed by atoms with van der Waals surface area (Å²) in [6, 6.07) is 11.6. The Morgan fingerprint density at radius 2 is 2.05 bits per heavy atom. The molecule has 0 radical (unpaired) electrons. The van der Waals surface area contributed by atoms with Gasteiger partial charge >= 0.3 is 0 Å². The number of benzene rings is 1. The zero-order valence-electron chi connectivity index (χ0n) is 12.7. The highest BCUT2D eigenvalue weighted by atomic mass is 19.1. The van der Waals surface area contributed by atoms with E-state index < -0.39 is 0 Å². The van der Waals surface area contributed by atoms with E-state index in [9.17, 15) is 4.39 Å². The van der Waals surface area contributed by atoms with Crippen LogP contribution in [0.1, 0.15) is 25.8 Å². The molecule has 3 heteroatoms. The van der Waals surface area contributed by atoms with Gasteiger partial charge in [0.1, 0.15) is 0 Å². The van der Waals surface area contributed by atoms with E-state index in [1.807, 2.05) is 0 Å². The van der Waals surface area contributed by atoms with Gasteiger partial charge in [0.15, 0.2) is 0 Å². The average Bonchev–Trinajstić information content (AvgIpc) is 2.46. The van der Waals surface area contributed by atoms with E-state index >= 15 is 0 Å². The molecule has 1 heterocycles. The molecule has 0 bridgehead atoms. The number of nitrogens with one attached hydrogen (secondary N) is 1. The van der Waals surface area contributed by atoms with Crippen molar-refractivity contribution < 1.29 is 4.39 Å². The molecule has 2 rings (SSSR count). The van der Waals surface area contributed by atoms with Gasteiger partial charge in [0.2, 0.25) is 0 Å². The molecule has 1 saturated heterocycles. The van der Waals surface area contributed by atoms with Crippen molar-refractivity contribution in [2.24, 2.45) is 5.92 Å². The van der Waals surface area contributed by atoms with Crippen molar-refractivity contribution in [1.29, 1.82) is 0 Å². The van der Waals surface area contributed by atoms with Gasteiger partial charge in [0.25, 0.3) is 0 Å². The Bertz CT molecular complexity index is 380. The van der Waals surface area contributed by atoms with Gasteiger partial charge in [-0.15, -0.1) is 0 Å². The van der Waals surface area contributed by atoms with Gasteiger partial charge in [0.05, 0.1) is 6.67 Å². The number of rotatable bonds is 6. The van der Waals surface area contributed by atoms with E-state index in [1.54, 1.807) is 0 Å². The summed E-state index contributed by atoms with van der Waals surface area (Å²) in [7, 11) is 0. The van der Waals surface area contributed by atoms with Crippen LogP contribution in [0.25, 0.3) is 0 Å². The third-order valence-electron chi connectivity index (χ3n) is 4.21. The first-order chi connectivity index (χ1) is 9.70. The first-order valence-corrected chi connectivity index (χ1v) is 7.78. The largest absolute Gasteiger partial charge is 0.311 e. The number of alkyl halides is 1. The lowest BCUT2D eigenvalue weighted by atomic mass is 9.95. The van der Waals surface area contributed by atoms with E-state index in [2.05, 4.69) is 54.4 Å². The molecule has 0 spiro atoms. The summed E-state index contributed by atoms with van der Waals surface area (Å²) >= 11 is 0. The fourth-order valence-corrected chi connectivity index (χ4v) is 3.11. The maximum Gasteiger partial charge on any atom is 0.0906 e. The first kappa shape index (κ1) is 15.5. The summed E-state index contributed by atoms with van der Waals surface area (Å²) in [6.45, 7) is 7.22. The van der Waals surface area contributed by atoms with Crippen LogP contribution in [0, 0.1) is 5.92 Å². The van der Waals surface area contributed by atoms with Crippen LogP contribution in [-0.2, 0) is 6.42 Å². The molecular weight excluding hydrogens is 251 g/mol. The molecule has 1 N–H and O–H groups in total. The fourth-order valence-electron chi connectivity index (χ4n) is 3.11. The van der Waals surface area contributed by atoms with Crippen LogP contribution in [-0.4, -0.2) is 43.3 Å². The third kappa shape index (κ3) is 4.29. The van der Waals surface area contributed by atoms with Crippen molar-refractivity contribution in [2.45, 2.75) is 38.8 Å². The Morgan fingerprint density at radius 3 is 2.70 bits per heavy atom. The minimum atomic E-state index is -0.210. The van der Waals surface area contributed by atoms with Crippen molar-refractivity contribution in [3.05, 3.63) is 35.9 Å². The number of nitrogens with zero attached hydrogens (tertiary/aromatic N) is 1. The lowest BCUT2D eigenvalue weighted by Gasteiger charge is -2.42. The monoisotopic (exact) mass is 278 g/mol. The highest BCUT2D eigenvalue weighted by molar-refractivity contribution is 5.16. The minimum absolute atomic E-state index is 0.210. The molecule has 2 unspecified atom stereocenters. The second-order valence-electron chi connectivity index (χ2n) is 6.14. The van der Waals surface area contributed by atoms with Crippen molar-refractivity contribution in [3.8, 4) is 0 Å². The second kappa shape index (κ2) is 7.75. The molecule has 20 heavy (non-hydrogen) atoms. The number of hydrogen-bond donors (Lipinski definition) is 1. The van der Waals surface area contributed by atoms with Gasteiger partial charge in [-0.2, -0.15) is 0 Å². The number of piperazine rings is 1. The van der Waals surface area contributed by atoms with Gasteiger partial charge in [-0.25, -0.2) is 0 Å². The van der Waals surface area contributed by atoms with Crippen LogP contribution < -0.4 is 5.32 Å². The third-order valence-corrected chi connectivity index (χ3v) is 4.21. The summed E-state index contributed by atoms with van der Waals surface area (Å²) < 4.78 is 12.5. The van der Waals surface area contributed by atoms with E-state index in [0.717, 1.165) is 26.1 Å². The van der Waals surface area contributed by atoms with Crippen molar-refractivity contribution in [2.75, 3.05) is 26.3 Å². The Morgan fingerprint density at radius 1 is 1.30 bits per heavy atom. The molecule has 0 amide bonds. The zero-order valence-corrected chi connectivity index (χ0v) is 12.7. The molecule has 1 fully saturated rings. The van der Waals surface area contributed by atoms with Crippen LogP contribution in [0.5, 0.6) is 0 Å². The minimum Gasteiger partial charge on any atom is -0.311 e. The van der Waals surface area contributed by atoms with Crippen molar-refractivity contribution >= 4 is 0 Å². The van der Waals surface area contributed by atoms with Crippen LogP contribution in [0.15, 0.2) is 30.3 Å². The molecule has 1 aromatic carbocycles. The first-order valence-electron chi connectivity index (χ1n) is 7.78. The molecular formula is C17H27FN2.